The molecule has 0 radical (unpaired) electrons. The number of nitrogen functional groups attached to an aromatic ring is 1. The summed E-state index contributed by atoms with van der Waals surface area (Å²) >= 11 is 6.78. The van der Waals surface area contributed by atoms with Crippen molar-refractivity contribution in [3.05, 3.63) is 76.9 Å². The molecule has 2 N–H and O–H groups in total. The van der Waals surface area contributed by atoms with Crippen LogP contribution in [0, 0.1) is 6.92 Å². The van der Waals surface area contributed by atoms with Crippen LogP contribution in [0.1, 0.15) is 11.1 Å². The number of hydrogen-bond acceptors (Lipinski definition) is 7. The second kappa shape index (κ2) is 9.47. The van der Waals surface area contributed by atoms with Crippen LogP contribution in [0.2, 0.25) is 5.02 Å². The van der Waals surface area contributed by atoms with Gasteiger partial charge in [0.1, 0.15) is 11.3 Å². The van der Waals surface area contributed by atoms with E-state index in [1.165, 1.54) is 0 Å². The van der Waals surface area contributed by atoms with Crippen LogP contribution in [0.25, 0.3) is 16.6 Å². The van der Waals surface area contributed by atoms with Gasteiger partial charge in [0.15, 0.2) is 17.3 Å². The molecule has 0 bridgehead atoms. The molecule has 0 atom stereocenters. The van der Waals surface area contributed by atoms with E-state index in [9.17, 15) is 0 Å². The zero-order valence-corrected chi connectivity index (χ0v) is 21.2. The molecule has 0 aliphatic heterocycles. The summed E-state index contributed by atoms with van der Waals surface area (Å²) in [6.45, 7) is 2.53. The summed E-state index contributed by atoms with van der Waals surface area (Å²) in [4.78, 5) is 11.6. The van der Waals surface area contributed by atoms with Gasteiger partial charge in [-0.05, 0) is 36.2 Å². The van der Waals surface area contributed by atoms with Crippen molar-refractivity contribution in [3.8, 4) is 17.2 Å². The van der Waals surface area contributed by atoms with Crippen LogP contribution >= 0.6 is 11.6 Å². The van der Waals surface area contributed by atoms with Gasteiger partial charge in [-0.1, -0.05) is 35.9 Å². The highest BCUT2D eigenvalue weighted by Gasteiger charge is 2.23. The van der Waals surface area contributed by atoms with E-state index >= 15 is 0 Å². The maximum absolute atomic E-state index is 6.78. The highest BCUT2D eigenvalue weighted by Crippen LogP contribution is 2.40. The van der Waals surface area contributed by atoms with E-state index < -0.39 is 0 Å². The number of ether oxygens (including phenoxy) is 3. The summed E-state index contributed by atoms with van der Waals surface area (Å²) < 4.78 is 18.3. The number of aryl methyl sites for hydroxylation is 1. The lowest BCUT2D eigenvalue weighted by molar-refractivity contribution is 0.355. The van der Waals surface area contributed by atoms with Crippen LogP contribution in [-0.2, 0) is 6.54 Å². The van der Waals surface area contributed by atoms with Gasteiger partial charge in [0.05, 0.1) is 49.3 Å². The molecular weight excluding hydrogens is 478 g/mol. The molecule has 5 rings (SSSR count). The maximum atomic E-state index is 6.78. The molecule has 3 aromatic carbocycles. The molecule has 2 heterocycles. The number of aromatic nitrogens is 3. The molecule has 0 aliphatic carbocycles. The number of rotatable bonds is 7. The molecule has 0 saturated heterocycles. The maximum Gasteiger partial charge on any atom is 0.205 e. The number of halogens is 1. The third-order valence-electron chi connectivity index (χ3n) is 6.18. The van der Waals surface area contributed by atoms with Crippen LogP contribution in [0.15, 0.2) is 60.8 Å². The fraction of sp³-hybridized carbons (Fsp3) is 0.185. The fourth-order valence-corrected chi connectivity index (χ4v) is 4.74. The first-order valence-corrected chi connectivity index (χ1v) is 11.7. The Morgan fingerprint density at radius 1 is 0.944 bits per heavy atom. The average Bonchev–Trinajstić information content (AvgIpc) is 3.28. The Bertz CT molecular complexity index is 1550. The number of nitrogens with zero attached hydrogens (tertiary/aromatic N) is 4. The SMILES string of the molecule is COc1ccc(CN(c2c(C)cccc2Cl)c2nc3cc(OC)c(OC)cc3n3c(N)ncc23)cc1. The third kappa shape index (κ3) is 3.99. The monoisotopic (exact) mass is 503 g/mol. The molecule has 0 unspecified atom stereocenters. The van der Waals surface area contributed by atoms with E-state index in [0.717, 1.165) is 33.6 Å². The van der Waals surface area contributed by atoms with Gasteiger partial charge in [-0.2, -0.15) is 0 Å². The van der Waals surface area contributed by atoms with Gasteiger partial charge in [0.25, 0.3) is 0 Å². The normalized spacial score (nSPS) is 11.1. The molecule has 0 aliphatic rings. The van der Waals surface area contributed by atoms with Gasteiger partial charge in [0.2, 0.25) is 5.95 Å². The van der Waals surface area contributed by atoms with Gasteiger partial charge >= 0.3 is 0 Å². The van der Waals surface area contributed by atoms with Crippen molar-refractivity contribution in [3.63, 3.8) is 0 Å². The lowest BCUT2D eigenvalue weighted by atomic mass is 10.1. The number of benzene rings is 3. The number of methoxy groups -OCH3 is 3. The van der Waals surface area contributed by atoms with Crippen LogP contribution in [0.3, 0.4) is 0 Å². The molecule has 0 fully saturated rings. The van der Waals surface area contributed by atoms with Gasteiger partial charge in [-0.15, -0.1) is 0 Å². The van der Waals surface area contributed by atoms with Crippen LogP contribution in [0.5, 0.6) is 17.2 Å². The van der Waals surface area contributed by atoms with Crippen LogP contribution in [-0.4, -0.2) is 35.7 Å². The summed E-state index contributed by atoms with van der Waals surface area (Å²) in [6, 6.07) is 17.4. The van der Waals surface area contributed by atoms with E-state index in [-0.39, 0.29) is 0 Å². The smallest absolute Gasteiger partial charge is 0.205 e. The minimum Gasteiger partial charge on any atom is -0.497 e. The first-order chi connectivity index (χ1) is 17.4. The Morgan fingerprint density at radius 2 is 1.67 bits per heavy atom. The Morgan fingerprint density at radius 3 is 2.33 bits per heavy atom. The summed E-state index contributed by atoms with van der Waals surface area (Å²) in [5.41, 5.74) is 11.4. The van der Waals surface area contributed by atoms with E-state index in [1.54, 1.807) is 27.5 Å². The zero-order valence-electron chi connectivity index (χ0n) is 20.4. The lowest BCUT2D eigenvalue weighted by Gasteiger charge is -2.28. The Labute approximate surface area is 213 Å². The zero-order chi connectivity index (χ0) is 25.4. The average molecular weight is 504 g/mol. The summed E-state index contributed by atoms with van der Waals surface area (Å²) in [6.07, 6.45) is 1.72. The molecule has 9 heteroatoms. The second-order valence-electron chi connectivity index (χ2n) is 8.31. The minimum absolute atomic E-state index is 0.339. The largest absolute Gasteiger partial charge is 0.497 e. The molecule has 0 amide bonds. The number of para-hydroxylation sites is 1. The van der Waals surface area contributed by atoms with Crippen molar-refractivity contribution in [1.82, 2.24) is 14.4 Å². The second-order valence-corrected chi connectivity index (χ2v) is 8.72. The van der Waals surface area contributed by atoms with E-state index in [0.29, 0.717) is 40.3 Å². The summed E-state index contributed by atoms with van der Waals surface area (Å²) in [5, 5.41) is 0.614. The number of hydrogen-bond donors (Lipinski definition) is 1. The summed E-state index contributed by atoms with van der Waals surface area (Å²) in [5.74, 6) is 2.93. The van der Waals surface area contributed by atoms with Gasteiger partial charge in [-0.3, -0.25) is 4.40 Å². The standard InChI is InChI=1S/C27H26ClN5O3/c1-16-6-5-7-19(28)25(16)32(15-17-8-10-18(34-2)11-9-17)26-22-14-30-27(29)33(22)21-13-24(36-4)23(35-3)12-20(21)31-26/h5-14H,15H2,1-4H3,(H2,29,30). The predicted octanol–water partition coefficient (Wildman–Crippen LogP) is 5.79. The molecule has 36 heavy (non-hydrogen) atoms. The number of nitrogens with two attached hydrogens (primary N) is 1. The third-order valence-corrected chi connectivity index (χ3v) is 6.49. The Balaban J connectivity index is 1.80. The number of fused-ring (bicyclic) bond motifs is 3. The fourth-order valence-electron chi connectivity index (χ4n) is 4.41. The van der Waals surface area contributed by atoms with E-state index in [4.69, 9.17) is 36.5 Å². The lowest BCUT2D eigenvalue weighted by Crippen LogP contribution is -2.20. The van der Waals surface area contributed by atoms with Crippen molar-refractivity contribution in [2.45, 2.75) is 13.5 Å². The van der Waals surface area contributed by atoms with Crippen molar-refractivity contribution >= 4 is 45.6 Å². The quantitative estimate of drug-likeness (QED) is 0.300. The molecular formula is C27H26ClN5O3. The van der Waals surface area contributed by atoms with E-state index in [2.05, 4.69) is 9.88 Å². The molecule has 0 saturated carbocycles. The van der Waals surface area contributed by atoms with Crippen molar-refractivity contribution in [1.29, 1.82) is 0 Å². The molecule has 0 spiro atoms. The van der Waals surface area contributed by atoms with Gasteiger partial charge < -0.3 is 24.8 Å². The van der Waals surface area contributed by atoms with Gasteiger partial charge in [-0.25, -0.2) is 9.97 Å². The van der Waals surface area contributed by atoms with Gasteiger partial charge in [0, 0.05) is 18.7 Å². The molecule has 8 nitrogen and oxygen atoms in total. The highest BCUT2D eigenvalue weighted by atomic mass is 35.5. The molecule has 184 valence electrons. The van der Waals surface area contributed by atoms with Crippen LogP contribution in [0.4, 0.5) is 17.5 Å². The number of anilines is 3. The minimum atomic E-state index is 0.339. The Hall–Kier alpha value is -4.17. The summed E-state index contributed by atoms with van der Waals surface area (Å²) in [7, 11) is 4.84. The molecule has 5 aromatic rings. The predicted molar refractivity (Wildman–Crippen MR) is 143 cm³/mol. The molecule has 2 aromatic heterocycles. The first kappa shape index (κ1) is 23.6. The number of imidazole rings is 1. The van der Waals surface area contributed by atoms with E-state index in [1.807, 2.05) is 65.9 Å². The van der Waals surface area contributed by atoms with Crippen molar-refractivity contribution in [2.24, 2.45) is 0 Å². The van der Waals surface area contributed by atoms with Crippen molar-refractivity contribution < 1.29 is 14.2 Å². The topological polar surface area (TPSA) is 87.1 Å². The Kier molecular flexibility index (Phi) is 6.20. The van der Waals surface area contributed by atoms with Crippen LogP contribution < -0.4 is 24.8 Å². The highest BCUT2D eigenvalue weighted by molar-refractivity contribution is 6.33. The first-order valence-electron chi connectivity index (χ1n) is 11.3. The van der Waals surface area contributed by atoms with Crippen molar-refractivity contribution in [2.75, 3.05) is 32.0 Å².